The number of aromatic nitrogens is 6. The van der Waals surface area contributed by atoms with Crippen LogP contribution in [0.1, 0.15) is 70.7 Å². The summed E-state index contributed by atoms with van der Waals surface area (Å²) in [6.45, 7) is 4.35. The van der Waals surface area contributed by atoms with E-state index < -0.39 is 34.5 Å². The average Bonchev–Trinajstić information content (AvgIpc) is 3.69. The molecule has 18 heteroatoms. The summed E-state index contributed by atoms with van der Waals surface area (Å²) in [7, 11) is 3.85. The predicted octanol–water partition coefficient (Wildman–Crippen LogP) is 6.18. The summed E-state index contributed by atoms with van der Waals surface area (Å²) in [5, 5.41) is 18.3. The zero-order chi connectivity index (χ0) is 39.6. The molecule has 2 N–H and O–H groups in total. The number of alkyl halides is 3. The highest BCUT2D eigenvalue weighted by molar-refractivity contribution is 9.10. The second-order valence-corrected chi connectivity index (χ2v) is 15.7. The Hall–Kier alpha value is -4.87. The van der Waals surface area contributed by atoms with Crippen molar-refractivity contribution >= 4 is 50.8 Å². The van der Waals surface area contributed by atoms with E-state index in [2.05, 4.69) is 36.3 Å². The summed E-state index contributed by atoms with van der Waals surface area (Å²) in [5.74, 6) is -1.20. The Kier molecular flexibility index (Phi) is 10.0. The molecule has 2 aromatic carbocycles. The van der Waals surface area contributed by atoms with Gasteiger partial charge in [0.25, 0.3) is 11.5 Å². The zero-order valence-electron chi connectivity index (χ0n) is 30.2. The van der Waals surface area contributed by atoms with Crippen molar-refractivity contribution in [3.05, 3.63) is 96.3 Å². The Bertz CT molecular complexity index is 2430. The van der Waals surface area contributed by atoms with Crippen molar-refractivity contribution in [1.82, 2.24) is 38.9 Å². The first-order valence-corrected chi connectivity index (χ1v) is 18.6. The first kappa shape index (κ1) is 38.4. The van der Waals surface area contributed by atoms with Gasteiger partial charge in [-0.3, -0.25) is 14.4 Å². The second kappa shape index (κ2) is 14.3. The molecule has 288 valence electrons. The minimum atomic E-state index is -4.57. The minimum Gasteiger partial charge on any atom is -0.504 e. The number of likely N-dealkylation sites (tertiary alicyclic amines) is 1. The smallest absolute Gasteiger partial charge is 0.416 e. The van der Waals surface area contributed by atoms with Crippen LogP contribution in [0.4, 0.5) is 18.9 Å². The van der Waals surface area contributed by atoms with Gasteiger partial charge in [-0.05, 0) is 92.0 Å². The van der Waals surface area contributed by atoms with Crippen LogP contribution in [0.5, 0.6) is 5.75 Å². The average molecular weight is 843 g/mol. The molecule has 5 aromatic rings. The third-order valence-electron chi connectivity index (χ3n) is 10.4. The summed E-state index contributed by atoms with van der Waals surface area (Å²) in [6.07, 6.45) is -1.97. The summed E-state index contributed by atoms with van der Waals surface area (Å²) >= 11 is 9.79. The lowest BCUT2D eigenvalue weighted by Crippen LogP contribution is -2.46. The minimum absolute atomic E-state index is 0.0457. The fraction of sp³-hybridized carbons (Fsp3) is 0.378. The topological polar surface area (TPSA) is 151 Å². The second-order valence-electron chi connectivity index (χ2n) is 14.4. The normalized spacial score (nSPS) is 16.6. The van der Waals surface area contributed by atoms with Gasteiger partial charge >= 0.3 is 6.18 Å². The molecule has 4 heterocycles. The van der Waals surface area contributed by atoms with Gasteiger partial charge in [0.2, 0.25) is 11.7 Å². The van der Waals surface area contributed by atoms with E-state index in [9.17, 15) is 32.7 Å². The molecule has 1 aliphatic carbocycles. The number of aromatic hydroxyl groups is 1. The molecular formula is C37H36BrClF3N9O4. The van der Waals surface area contributed by atoms with Crippen LogP contribution in [0.25, 0.3) is 17.2 Å². The number of amides is 2. The van der Waals surface area contributed by atoms with Crippen molar-refractivity contribution in [2.75, 3.05) is 32.5 Å². The number of rotatable bonds is 7. The van der Waals surface area contributed by atoms with Crippen LogP contribution in [-0.4, -0.2) is 83.0 Å². The first-order valence-electron chi connectivity index (χ1n) is 17.4. The number of benzene rings is 2. The molecule has 2 amide bonds. The molecule has 1 aliphatic heterocycles. The van der Waals surface area contributed by atoms with Crippen LogP contribution in [0.2, 0.25) is 5.02 Å². The maximum atomic E-state index is 14.6. The summed E-state index contributed by atoms with van der Waals surface area (Å²) < 4.78 is 42.9. The number of carbonyl (C=O) groups is 2. The number of nitrogens with zero attached hydrogens (tertiary/aromatic N) is 8. The van der Waals surface area contributed by atoms with E-state index in [1.54, 1.807) is 22.5 Å². The number of piperidine rings is 1. The number of hydrogen-bond acceptors (Lipinski definition) is 9. The molecule has 1 atom stereocenters. The van der Waals surface area contributed by atoms with Crippen LogP contribution >= 0.6 is 27.5 Å². The standard InChI is InChI=1S/C37H36BrClF3N9O4/c1-19-15-36(9-11-49(12-10-36)34(55)29-31(53)20(2)43-18-44-29)28-30(19)50(17-27(52)45-26-8-7-23(14-24(26)38)37(40,41)42)35-46-32(47-51(35)33(28)54)21-5-6-22(16-48(3)4)25(39)13-21/h5-8,13-14,18-19,53H,9-12,15-17H2,1-4H3,(H,45,52). The predicted molar refractivity (Wildman–Crippen MR) is 201 cm³/mol. The van der Waals surface area contributed by atoms with Crippen molar-refractivity contribution in [1.29, 1.82) is 0 Å². The quantitative estimate of drug-likeness (QED) is 0.196. The van der Waals surface area contributed by atoms with Crippen LogP contribution in [0, 0.1) is 6.92 Å². The van der Waals surface area contributed by atoms with Gasteiger partial charge in [-0.1, -0.05) is 30.7 Å². The summed E-state index contributed by atoms with van der Waals surface area (Å²) in [4.78, 5) is 58.1. The van der Waals surface area contributed by atoms with Gasteiger partial charge in [0.05, 0.1) is 16.9 Å². The monoisotopic (exact) mass is 841 g/mol. The molecule has 0 bridgehead atoms. The highest BCUT2D eigenvalue weighted by Gasteiger charge is 2.49. The molecule has 0 saturated carbocycles. The molecule has 1 unspecified atom stereocenters. The number of aryl methyl sites for hydroxylation is 1. The van der Waals surface area contributed by atoms with E-state index in [4.69, 9.17) is 16.6 Å². The molecule has 0 radical (unpaired) electrons. The molecule has 3 aromatic heterocycles. The Labute approximate surface area is 326 Å². The number of fused-ring (bicyclic) bond motifs is 3. The van der Waals surface area contributed by atoms with Gasteiger partial charge in [-0.15, -0.1) is 5.10 Å². The van der Waals surface area contributed by atoms with Gasteiger partial charge in [0, 0.05) is 51.4 Å². The third-order valence-corrected chi connectivity index (χ3v) is 11.4. The van der Waals surface area contributed by atoms with E-state index in [1.165, 1.54) is 16.9 Å². The molecule has 13 nitrogen and oxygen atoms in total. The molecular weight excluding hydrogens is 807 g/mol. The molecule has 1 fully saturated rings. The van der Waals surface area contributed by atoms with E-state index >= 15 is 0 Å². The number of carbonyl (C=O) groups excluding carboxylic acids is 2. The van der Waals surface area contributed by atoms with E-state index in [-0.39, 0.29) is 64.5 Å². The van der Waals surface area contributed by atoms with Gasteiger partial charge in [0.15, 0.2) is 17.3 Å². The Morgan fingerprint density at radius 3 is 2.51 bits per heavy atom. The van der Waals surface area contributed by atoms with Crippen molar-refractivity contribution < 1.29 is 27.9 Å². The lowest BCUT2D eigenvalue weighted by Gasteiger charge is -2.39. The zero-order valence-corrected chi connectivity index (χ0v) is 32.5. The Balaban J connectivity index is 1.29. The molecule has 1 saturated heterocycles. The first-order chi connectivity index (χ1) is 26.0. The Morgan fingerprint density at radius 1 is 1.13 bits per heavy atom. The lowest BCUT2D eigenvalue weighted by molar-refractivity contribution is -0.137. The number of hydrogen-bond donors (Lipinski definition) is 2. The van der Waals surface area contributed by atoms with Crippen LogP contribution < -0.4 is 10.9 Å². The van der Waals surface area contributed by atoms with Crippen molar-refractivity contribution in [2.45, 2.75) is 63.7 Å². The van der Waals surface area contributed by atoms with Gasteiger partial charge in [-0.2, -0.15) is 22.7 Å². The van der Waals surface area contributed by atoms with Crippen molar-refractivity contribution in [3.8, 4) is 17.1 Å². The van der Waals surface area contributed by atoms with Crippen molar-refractivity contribution in [3.63, 3.8) is 0 Å². The fourth-order valence-corrected chi connectivity index (χ4v) is 8.51. The maximum absolute atomic E-state index is 14.6. The lowest BCUT2D eigenvalue weighted by atomic mass is 9.73. The fourth-order valence-electron chi connectivity index (χ4n) is 7.79. The van der Waals surface area contributed by atoms with E-state index in [0.29, 0.717) is 47.7 Å². The third kappa shape index (κ3) is 7.08. The number of halogens is 5. The van der Waals surface area contributed by atoms with Crippen molar-refractivity contribution in [2.24, 2.45) is 0 Å². The van der Waals surface area contributed by atoms with Crippen LogP contribution in [0.3, 0.4) is 0 Å². The van der Waals surface area contributed by atoms with Crippen LogP contribution in [-0.2, 0) is 29.5 Å². The maximum Gasteiger partial charge on any atom is 0.416 e. The molecule has 1 spiro atoms. The molecule has 7 rings (SSSR count). The van der Waals surface area contributed by atoms with Gasteiger partial charge in [-0.25, -0.2) is 9.97 Å². The largest absolute Gasteiger partial charge is 0.504 e. The summed E-state index contributed by atoms with van der Waals surface area (Å²) in [5.41, 5.74) is 0.875. The van der Waals surface area contributed by atoms with E-state index in [1.807, 2.05) is 38.1 Å². The molecule has 55 heavy (non-hydrogen) atoms. The summed E-state index contributed by atoms with van der Waals surface area (Å²) in [6, 6.07) is 8.33. The van der Waals surface area contributed by atoms with Gasteiger partial charge in [0.1, 0.15) is 12.9 Å². The molecule has 2 aliphatic rings. The van der Waals surface area contributed by atoms with Crippen LogP contribution in [0.15, 0.2) is 52.0 Å². The highest BCUT2D eigenvalue weighted by Crippen LogP contribution is 2.50. The number of nitrogens with one attached hydrogen (secondary N) is 1. The Morgan fingerprint density at radius 2 is 1.85 bits per heavy atom. The SMILES string of the molecule is Cc1ncnc(C(=O)N2CCC3(CC2)CC(C)c2c3c(=O)n3nc(-c4ccc(CN(C)C)c(Cl)c4)nc3n2CC(=O)Nc2ccc(C(F)(F)F)cc2Br)c1O. The van der Waals surface area contributed by atoms with Gasteiger partial charge < -0.3 is 24.8 Å². The highest BCUT2D eigenvalue weighted by atomic mass is 79.9. The van der Waals surface area contributed by atoms with E-state index in [0.717, 1.165) is 17.7 Å². The number of anilines is 1.